The van der Waals surface area contributed by atoms with E-state index in [0.29, 0.717) is 25.7 Å². The Balaban J connectivity index is 1.48. The minimum absolute atomic E-state index is 0.0493. The van der Waals surface area contributed by atoms with Gasteiger partial charge >= 0.3 is 11.9 Å². The fraction of sp³-hybridized carbons (Fsp3) is 0.794. The van der Waals surface area contributed by atoms with Crippen LogP contribution in [0.5, 0.6) is 0 Å². The van der Waals surface area contributed by atoms with Crippen molar-refractivity contribution in [2.45, 2.75) is 116 Å². The Morgan fingerprint density at radius 1 is 0.952 bits per heavy atom. The van der Waals surface area contributed by atoms with Crippen LogP contribution in [-0.4, -0.2) is 63.6 Å². The Hall–Kier alpha value is -2.03. The molecule has 0 radical (unpaired) electrons. The van der Waals surface area contributed by atoms with E-state index in [4.69, 9.17) is 9.47 Å². The molecule has 6 aliphatic rings. The number of esters is 2. The maximum absolute atomic E-state index is 13.6. The molecule has 0 saturated heterocycles. The molecule has 8 nitrogen and oxygen atoms in total. The van der Waals surface area contributed by atoms with Crippen LogP contribution in [0.15, 0.2) is 23.8 Å². The zero-order chi connectivity index (χ0) is 30.6. The zero-order valence-corrected chi connectivity index (χ0v) is 25.7. The Morgan fingerprint density at radius 2 is 1.62 bits per heavy atom. The van der Waals surface area contributed by atoms with Gasteiger partial charge in [0.25, 0.3) is 0 Å². The van der Waals surface area contributed by atoms with E-state index in [1.54, 1.807) is 13.8 Å². The predicted octanol–water partition coefficient (Wildman–Crippen LogP) is 3.90. The number of carbonyl (C=O) groups excluding carboxylic acids is 3. The molecule has 13 atom stereocenters. The number of hydrogen-bond donors (Lipinski definition) is 3. The van der Waals surface area contributed by atoms with Gasteiger partial charge in [-0.2, -0.15) is 0 Å². The minimum Gasteiger partial charge on any atom is -0.462 e. The van der Waals surface area contributed by atoms with Crippen molar-refractivity contribution in [3.8, 4) is 0 Å². The third kappa shape index (κ3) is 3.67. The summed E-state index contributed by atoms with van der Waals surface area (Å²) in [5.74, 6) is -1.62. The van der Waals surface area contributed by atoms with E-state index in [2.05, 4.69) is 12.7 Å². The van der Waals surface area contributed by atoms with Crippen molar-refractivity contribution in [1.82, 2.24) is 0 Å². The SMILES string of the molecule is C=C(C)C1CCC([C@@H]2CC[C@H]3C2=C[C@@]2(C=O)[C@H]4CC[C@]2([C@@H]3O)[C@H](OC(C)=O)[C@@]42CC[C@H](C(C)(C)O)[C@@H]2O)[C@@H]1OC(C)=O. The molecular formula is C34H48O8. The Morgan fingerprint density at radius 3 is 2.19 bits per heavy atom. The van der Waals surface area contributed by atoms with Crippen molar-refractivity contribution in [1.29, 1.82) is 0 Å². The van der Waals surface area contributed by atoms with Gasteiger partial charge < -0.3 is 29.6 Å². The van der Waals surface area contributed by atoms with E-state index in [1.807, 2.05) is 6.92 Å². The van der Waals surface area contributed by atoms with Crippen LogP contribution < -0.4 is 0 Å². The van der Waals surface area contributed by atoms with Crippen LogP contribution in [0.1, 0.15) is 86.0 Å². The molecule has 232 valence electrons. The van der Waals surface area contributed by atoms with Crippen LogP contribution in [-0.2, 0) is 23.9 Å². The number of rotatable bonds is 6. The van der Waals surface area contributed by atoms with Gasteiger partial charge in [0.05, 0.1) is 28.6 Å². The number of aliphatic hydroxyl groups is 3. The fourth-order valence-corrected chi connectivity index (χ4v) is 11.7. The van der Waals surface area contributed by atoms with Crippen LogP contribution >= 0.6 is 0 Å². The second kappa shape index (κ2) is 9.73. The molecule has 0 aliphatic heterocycles. The molecule has 8 heteroatoms. The van der Waals surface area contributed by atoms with Gasteiger partial charge in [0.15, 0.2) is 0 Å². The van der Waals surface area contributed by atoms with E-state index in [9.17, 15) is 29.7 Å². The first-order valence-electron chi connectivity index (χ1n) is 15.9. The topological polar surface area (TPSA) is 130 Å². The second-order valence-corrected chi connectivity index (χ2v) is 15.2. The minimum atomic E-state index is -1.16. The molecule has 0 amide bonds. The lowest BCUT2D eigenvalue weighted by Gasteiger charge is -2.52. The molecule has 0 aromatic heterocycles. The predicted molar refractivity (Wildman–Crippen MR) is 154 cm³/mol. The molecule has 42 heavy (non-hydrogen) atoms. The smallest absolute Gasteiger partial charge is 0.302 e. The number of allylic oxidation sites excluding steroid dienone is 1. The van der Waals surface area contributed by atoms with Crippen LogP contribution in [0.2, 0.25) is 0 Å². The molecular weight excluding hydrogens is 536 g/mol. The maximum atomic E-state index is 13.6. The highest BCUT2D eigenvalue weighted by Gasteiger charge is 2.85. The first-order valence-corrected chi connectivity index (χ1v) is 15.9. The number of carbonyl (C=O) groups is 3. The molecule has 5 saturated carbocycles. The fourth-order valence-electron chi connectivity index (χ4n) is 11.7. The number of ether oxygens (including phenoxy) is 2. The summed E-state index contributed by atoms with van der Waals surface area (Å²) >= 11 is 0. The lowest BCUT2D eigenvalue weighted by atomic mass is 9.55. The molecule has 5 fully saturated rings. The van der Waals surface area contributed by atoms with Crippen molar-refractivity contribution in [2.75, 3.05) is 0 Å². The highest BCUT2D eigenvalue weighted by atomic mass is 16.6. The summed E-state index contributed by atoms with van der Waals surface area (Å²) in [6.45, 7) is 12.3. The van der Waals surface area contributed by atoms with Crippen LogP contribution in [0.3, 0.4) is 0 Å². The highest BCUT2D eigenvalue weighted by molar-refractivity contribution is 5.73. The molecule has 0 heterocycles. The van der Waals surface area contributed by atoms with E-state index in [1.165, 1.54) is 13.8 Å². The molecule has 2 bridgehead atoms. The average Bonchev–Trinajstić information content (AvgIpc) is 3.67. The van der Waals surface area contributed by atoms with Crippen molar-refractivity contribution < 1.29 is 39.2 Å². The summed E-state index contributed by atoms with van der Waals surface area (Å²) in [6.07, 6.45) is 5.55. The largest absolute Gasteiger partial charge is 0.462 e. The molecule has 2 unspecified atom stereocenters. The van der Waals surface area contributed by atoms with Crippen LogP contribution in [0.25, 0.3) is 0 Å². The Bertz CT molecular complexity index is 1220. The Kier molecular flexibility index (Phi) is 6.96. The lowest BCUT2D eigenvalue weighted by molar-refractivity contribution is -0.197. The summed E-state index contributed by atoms with van der Waals surface area (Å²) in [5, 5.41) is 35.5. The average molecular weight is 585 g/mol. The quantitative estimate of drug-likeness (QED) is 0.244. The van der Waals surface area contributed by atoms with Crippen LogP contribution in [0, 0.1) is 51.8 Å². The molecule has 0 aromatic carbocycles. The third-order valence-corrected chi connectivity index (χ3v) is 13.1. The number of aliphatic hydroxyl groups excluding tert-OH is 2. The van der Waals surface area contributed by atoms with Gasteiger partial charge in [0, 0.05) is 42.9 Å². The van der Waals surface area contributed by atoms with Crippen molar-refractivity contribution >= 4 is 18.2 Å². The van der Waals surface area contributed by atoms with Crippen molar-refractivity contribution in [3.05, 3.63) is 23.8 Å². The van der Waals surface area contributed by atoms with E-state index in [-0.39, 0.29) is 41.7 Å². The first-order chi connectivity index (χ1) is 19.7. The highest BCUT2D eigenvalue weighted by Crippen LogP contribution is 2.81. The van der Waals surface area contributed by atoms with Gasteiger partial charge in [-0.15, -0.1) is 0 Å². The molecule has 3 N–H and O–H groups in total. The normalized spacial score (nSPS) is 49.0. The lowest BCUT2D eigenvalue weighted by Crippen LogP contribution is -2.60. The van der Waals surface area contributed by atoms with Gasteiger partial charge in [0.1, 0.15) is 18.5 Å². The molecule has 6 aliphatic carbocycles. The summed E-state index contributed by atoms with van der Waals surface area (Å²) in [6, 6.07) is 0. The summed E-state index contributed by atoms with van der Waals surface area (Å²) in [7, 11) is 0. The third-order valence-electron chi connectivity index (χ3n) is 13.1. The molecule has 1 spiro atoms. The molecule has 0 aromatic rings. The summed E-state index contributed by atoms with van der Waals surface area (Å²) in [4.78, 5) is 38.4. The van der Waals surface area contributed by atoms with E-state index >= 15 is 0 Å². The number of hydrogen-bond acceptors (Lipinski definition) is 8. The van der Waals surface area contributed by atoms with Gasteiger partial charge in [-0.1, -0.05) is 23.8 Å². The zero-order valence-electron chi connectivity index (χ0n) is 25.7. The monoisotopic (exact) mass is 584 g/mol. The molecule has 6 rings (SSSR count). The maximum Gasteiger partial charge on any atom is 0.302 e. The van der Waals surface area contributed by atoms with Gasteiger partial charge in [-0.3, -0.25) is 9.59 Å². The first kappa shape index (κ1) is 30.0. The number of fused-ring (bicyclic) bond motifs is 2. The van der Waals surface area contributed by atoms with Gasteiger partial charge in [-0.25, -0.2) is 0 Å². The second-order valence-electron chi connectivity index (χ2n) is 15.2. The Labute approximate surface area is 248 Å². The number of aldehydes is 1. The van der Waals surface area contributed by atoms with Crippen molar-refractivity contribution in [2.24, 2.45) is 51.8 Å². The van der Waals surface area contributed by atoms with E-state index in [0.717, 1.165) is 43.1 Å². The standard InChI is InChI=1S/C34H48O8/c1-17(2)20-7-9-22(27(20)41-18(3)36)21-8-10-23-24(21)15-32(16-35)26-12-14-34(32,28(23)38)30(42-19(4)37)33(26)13-11-25(29(33)39)31(5,6)40/h15-16,20-23,25-30,38-40H,1,7-14H2,2-6H3/t20?,21-,22?,23-,25-,26+,27+,28+,29-,30+,32+,33-,34-/m0/s1. The summed E-state index contributed by atoms with van der Waals surface area (Å²) in [5.41, 5.74) is -2.20. The van der Waals surface area contributed by atoms with Gasteiger partial charge in [-0.05, 0) is 84.0 Å². The van der Waals surface area contributed by atoms with E-state index < -0.39 is 52.0 Å². The van der Waals surface area contributed by atoms with Gasteiger partial charge in [0.2, 0.25) is 0 Å². The van der Waals surface area contributed by atoms with Crippen LogP contribution in [0.4, 0.5) is 0 Å². The van der Waals surface area contributed by atoms with Crippen molar-refractivity contribution in [3.63, 3.8) is 0 Å². The summed E-state index contributed by atoms with van der Waals surface area (Å²) < 4.78 is 12.1.